The maximum atomic E-state index is 13.1. The summed E-state index contributed by atoms with van der Waals surface area (Å²) >= 11 is 1.62. The van der Waals surface area contributed by atoms with E-state index in [9.17, 15) is 18.0 Å². The van der Waals surface area contributed by atoms with Gasteiger partial charge >= 0.3 is 6.09 Å². The highest BCUT2D eigenvalue weighted by molar-refractivity contribution is 7.89. The molecule has 1 aliphatic heterocycles. The third-order valence-corrected chi connectivity index (χ3v) is 9.43. The first kappa shape index (κ1) is 26.8. The van der Waals surface area contributed by atoms with Crippen molar-refractivity contribution in [3.05, 3.63) is 77.9 Å². The summed E-state index contributed by atoms with van der Waals surface area (Å²) in [6.07, 6.45) is -0.439. The number of hydrogen-bond donors (Lipinski definition) is 1. The van der Waals surface area contributed by atoms with E-state index in [0.29, 0.717) is 11.3 Å². The Labute approximate surface area is 231 Å². The fourth-order valence-corrected chi connectivity index (χ4v) is 6.80. The van der Waals surface area contributed by atoms with Gasteiger partial charge in [0.1, 0.15) is 5.01 Å². The first-order valence-electron chi connectivity index (χ1n) is 12.6. The van der Waals surface area contributed by atoms with Gasteiger partial charge in [-0.3, -0.25) is 4.79 Å². The van der Waals surface area contributed by atoms with Crippen LogP contribution in [0.4, 0.5) is 10.5 Å². The van der Waals surface area contributed by atoms with Crippen LogP contribution >= 0.6 is 11.3 Å². The Morgan fingerprint density at radius 2 is 1.67 bits per heavy atom. The minimum Gasteiger partial charge on any atom is -0.450 e. The molecule has 0 saturated carbocycles. The molecule has 0 atom stereocenters. The number of ether oxygens (including phenoxy) is 1. The Morgan fingerprint density at radius 1 is 0.974 bits per heavy atom. The van der Waals surface area contributed by atoms with Crippen LogP contribution < -0.4 is 5.32 Å². The van der Waals surface area contributed by atoms with E-state index < -0.39 is 16.1 Å². The monoisotopic (exact) mass is 564 g/mol. The Balaban J connectivity index is 1.21. The summed E-state index contributed by atoms with van der Waals surface area (Å²) < 4.78 is 33.6. The third kappa shape index (κ3) is 5.80. The topological polar surface area (TPSA) is 109 Å². The van der Waals surface area contributed by atoms with Gasteiger partial charge in [0.05, 0.1) is 21.7 Å². The van der Waals surface area contributed by atoms with Gasteiger partial charge in [0, 0.05) is 43.0 Å². The van der Waals surface area contributed by atoms with Gasteiger partial charge in [-0.25, -0.2) is 18.2 Å². The van der Waals surface area contributed by atoms with Crippen LogP contribution in [0.5, 0.6) is 0 Å². The summed E-state index contributed by atoms with van der Waals surface area (Å²) in [7, 11) is -3.75. The van der Waals surface area contributed by atoms with Gasteiger partial charge in [-0.2, -0.15) is 4.31 Å². The zero-order chi connectivity index (χ0) is 27.6. The zero-order valence-electron chi connectivity index (χ0n) is 21.6. The van der Waals surface area contributed by atoms with E-state index in [-0.39, 0.29) is 43.6 Å². The number of anilines is 1. The van der Waals surface area contributed by atoms with E-state index >= 15 is 0 Å². The van der Waals surface area contributed by atoms with E-state index in [4.69, 9.17) is 9.72 Å². The fraction of sp³-hybridized carbons (Fsp3) is 0.250. The van der Waals surface area contributed by atoms with E-state index in [1.165, 1.54) is 39.0 Å². The molecule has 1 aromatic heterocycles. The summed E-state index contributed by atoms with van der Waals surface area (Å²) in [5.41, 5.74) is 4.07. The molecule has 3 aromatic carbocycles. The number of thiazole rings is 1. The normalized spacial score (nSPS) is 14.4. The average molecular weight is 565 g/mol. The van der Waals surface area contributed by atoms with Gasteiger partial charge in [-0.05, 0) is 80.1 Å². The first-order valence-corrected chi connectivity index (χ1v) is 14.8. The molecule has 202 valence electrons. The highest BCUT2D eigenvalue weighted by atomic mass is 32.2. The number of nitrogens with zero attached hydrogens (tertiary/aromatic N) is 3. The minimum absolute atomic E-state index is 0.0963. The van der Waals surface area contributed by atoms with Crippen LogP contribution in [0.15, 0.2) is 71.6 Å². The molecule has 1 saturated heterocycles. The largest absolute Gasteiger partial charge is 0.450 e. The van der Waals surface area contributed by atoms with Crippen LogP contribution in [0.1, 0.15) is 22.8 Å². The number of sulfonamides is 1. The molecule has 1 fully saturated rings. The number of benzene rings is 3. The van der Waals surface area contributed by atoms with Crippen molar-refractivity contribution in [1.29, 1.82) is 0 Å². The van der Waals surface area contributed by atoms with E-state index in [2.05, 4.69) is 18.3 Å². The van der Waals surface area contributed by atoms with Crippen molar-refractivity contribution in [3.63, 3.8) is 0 Å². The number of fused-ring (bicyclic) bond motifs is 1. The van der Waals surface area contributed by atoms with Crippen molar-refractivity contribution in [1.82, 2.24) is 14.2 Å². The van der Waals surface area contributed by atoms with Crippen molar-refractivity contribution in [2.24, 2.45) is 0 Å². The molecule has 2 amide bonds. The Hall–Kier alpha value is -3.80. The summed E-state index contributed by atoms with van der Waals surface area (Å²) in [4.78, 5) is 31.0. The van der Waals surface area contributed by atoms with Gasteiger partial charge in [0.2, 0.25) is 10.0 Å². The zero-order valence-corrected chi connectivity index (χ0v) is 23.2. The Bertz CT molecular complexity index is 1610. The highest BCUT2D eigenvalue weighted by Crippen LogP contribution is 2.31. The maximum absolute atomic E-state index is 13.1. The number of carbonyl (C=O) groups is 2. The average Bonchev–Trinajstić information content (AvgIpc) is 3.37. The van der Waals surface area contributed by atoms with Crippen molar-refractivity contribution in [3.8, 4) is 10.6 Å². The molecule has 0 radical (unpaired) electrons. The lowest BCUT2D eigenvalue weighted by Gasteiger charge is -2.33. The summed E-state index contributed by atoms with van der Waals surface area (Å²) in [6.45, 7) is 4.92. The second kappa shape index (κ2) is 11.1. The molecule has 0 unspecified atom stereocenters. The number of aromatic nitrogens is 1. The third-order valence-electron chi connectivity index (χ3n) is 6.45. The van der Waals surface area contributed by atoms with Gasteiger partial charge in [-0.1, -0.05) is 6.07 Å². The molecule has 0 bridgehead atoms. The minimum atomic E-state index is -3.75. The molecule has 5 rings (SSSR count). The Morgan fingerprint density at radius 3 is 2.33 bits per heavy atom. The maximum Gasteiger partial charge on any atom is 0.409 e. The van der Waals surface area contributed by atoms with E-state index in [1.54, 1.807) is 18.3 Å². The number of aryl methyl sites for hydroxylation is 1. The molecular formula is C28H28N4O5S2. The molecule has 0 spiro atoms. The molecular weight excluding hydrogens is 536 g/mol. The number of piperazine rings is 1. The van der Waals surface area contributed by atoms with Gasteiger partial charge in [-0.15, -0.1) is 11.3 Å². The van der Waals surface area contributed by atoms with Crippen molar-refractivity contribution in [2.45, 2.75) is 18.7 Å². The Kier molecular flexibility index (Phi) is 7.65. The number of nitrogens with one attached hydrogen (secondary N) is 1. The lowest BCUT2D eigenvalue weighted by Crippen LogP contribution is -2.50. The highest BCUT2D eigenvalue weighted by Gasteiger charge is 2.30. The molecule has 39 heavy (non-hydrogen) atoms. The number of carbonyl (C=O) groups excluding carboxylic acids is 2. The second-order valence-corrected chi connectivity index (χ2v) is 12.1. The number of hydrogen-bond acceptors (Lipinski definition) is 7. The number of amides is 2. The van der Waals surface area contributed by atoms with Crippen molar-refractivity contribution >= 4 is 49.3 Å². The molecule has 9 nitrogen and oxygen atoms in total. The summed E-state index contributed by atoms with van der Waals surface area (Å²) in [5.74, 6) is -0.342. The molecule has 1 aliphatic rings. The second-order valence-electron chi connectivity index (χ2n) is 9.14. The van der Waals surface area contributed by atoms with Crippen LogP contribution in [0.2, 0.25) is 0 Å². The lowest BCUT2D eigenvalue weighted by atomic mass is 10.2. The van der Waals surface area contributed by atoms with Gasteiger partial charge in [0.15, 0.2) is 0 Å². The molecule has 0 aliphatic carbocycles. The predicted octanol–water partition coefficient (Wildman–Crippen LogP) is 4.99. The lowest BCUT2D eigenvalue weighted by molar-refractivity contribution is 0.0933. The fourth-order valence-electron chi connectivity index (χ4n) is 4.31. The summed E-state index contributed by atoms with van der Waals surface area (Å²) in [5, 5.41) is 3.76. The molecule has 11 heteroatoms. The van der Waals surface area contributed by atoms with Crippen LogP contribution in [0.3, 0.4) is 0 Å². The SMILES string of the molecule is CCOC(=O)N1CCN(S(=O)(=O)c2ccc(C(=O)Nc3ccc(-c4nc5ccc(C)cc5s4)cc3)cc2)CC1. The van der Waals surface area contributed by atoms with E-state index in [0.717, 1.165) is 20.8 Å². The van der Waals surface area contributed by atoms with Crippen molar-refractivity contribution in [2.75, 3.05) is 38.1 Å². The quantitative estimate of drug-likeness (QED) is 0.354. The van der Waals surface area contributed by atoms with Gasteiger partial charge in [0.25, 0.3) is 5.91 Å². The van der Waals surface area contributed by atoms with Crippen molar-refractivity contribution < 1.29 is 22.7 Å². The van der Waals surface area contributed by atoms with Gasteiger partial charge < -0.3 is 15.0 Å². The molecule has 1 N–H and O–H groups in total. The first-order chi connectivity index (χ1) is 18.7. The predicted molar refractivity (Wildman–Crippen MR) is 152 cm³/mol. The number of rotatable bonds is 6. The molecule has 4 aromatic rings. The smallest absolute Gasteiger partial charge is 0.409 e. The standard InChI is InChI=1S/C28H28N4O5S2/c1-3-37-28(34)31-14-16-32(17-15-31)39(35,36)23-11-7-20(8-12-23)26(33)29-22-9-5-21(6-10-22)27-30-24-13-4-19(2)18-25(24)38-27/h4-13,18H,3,14-17H2,1-2H3,(H,29,33). The van der Waals surface area contributed by atoms with Crippen LogP contribution in [-0.2, 0) is 14.8 Å². The van der Waals surface area contributed by atoms with E-state index in [1.807, 2.05) is 36.4 Å². The summed E-state index contributed by atoms with van der Waals surface area (Å²) in [6, 6.07) is 19.5. The molecule has 2 heterocycles. The van der Waals surface area contributed by atoms with Crippen LogP contribution in [-0.4, -0.2) is 67.4 Å². The van der Waals surface area contributed by atoms with Crippen LogP contribution in [0, 0.1) is 6.92 Å². The van der Waals surface area contributed by atoms with Crippen LogP contribution in [0.25, 0.3) is 20.8 Å².